The average molecular weight is 284 g/mol. The van der Waals surface area contributed by atoms with Gasteiger partial charge in [0.15, 0.2) is 0 Å². The molecule has 0 atom stereocenters. The first-order valence-electron chi connectivity index (χ1n) is 7.17. The molecule has 0 saturated carbocycles. The lowest BCUT2D eigenvalue weighted by Crippen LogP contribution is -2.09. The topological polar surface area (TPSA) is 0 Å². The summed E-state index contributed by atoms with van der Waals surface area (Å²) < 4.78 is 27.9. The standard InChI is InChI=1S/C19H18F2/c1-2-3-4-8-15-19(20,21)18-13-11-17(12-14-18)16-9-6-5-7-10-16/h5-7,9-14H,2-4H2,1H3. The molecule has 0 aliphatic rings. The molecule has 0 aliphatic carbocycles. The van der Waals surface area contributed by atoms with Gasteiger partial charge in [-0.05, 0) is 23.5 Å². The van der Waals surface area contributed by atoms with Crippen LogP contribution < -0.4 is 0 Å². The number of hydrogen-bond acceptors (Lipinski definition) is 0. The summed E-state index contributed by atoms with van der Waals surface area (Å²) in [6.45, 7) is 2.02. The van der Waals surface area contributed by atoms with Gasteiger partial charge in [-0.3, -0.25) is 0 Å². The van der Waals surface area contributed by atoms with Crippen molar-refractivity contribution in [3.05, 3.63) is 60.2 Å². The van der Waals surface area contributed by atoms with Crippen LogP contribution in [0.4, 0.5) is 8.78 Å². The van der Waals surface area contributed by atoms with Crippen molar-refractivity contribution in [2.24, 2.45) is 0 Å². The van der Waals surface area contributed by atoms with Crippen LogP contribution in [0.25, 0.3) is 11.1 Å². The minimum atomic E-state index is -3.08. The van der Waals surface area contributed by atoms with E-state index >= 15 is 0 Å². The summed E-state index contributed by atoms with van der Waals surface area (Å²) in [6.07, 6.45) is 2.34. The van der Waals surface area contributed by atoms with Gasteiger partial charge in [0.25, 0.3) is 0 Å². The quantitative estimate of drug-likeness (QED) is 0.503. The molecule has 2 rings (SSSR count). The van der Waals surface area contributed by atoms with Crippen LogP contribution in [0.3, 0.4) is 0 Å². The number of alkyl halides is 2. The van der Waals surface area contributed by atoms with Crippen molar-refractivity contribution in [1.82, 2.24) is 0 Å². The van der Waals surface area contributed by atoms with Crippen LogP contribution in [-0.2, 0) is 5.92 Å². The van der Waals surface area contributed by atoms with Crippen LogP contribution in [0.1, 0.15) is 31.7 Å². The lowest BCUT2D eigenvalue weighted by molar-refractivity contribution is 0.0638. The number of rotatable bonds is 4. The van der Waals surface area contributed by atoms with Gasteiger partial charge >= 0.3 is 5.92 Å². The third-order valence-corrected chi connectivity index (χ3v) is 3.26. The molecule has 21 heavy (non-hydrogen) atoms. The fourth-order valence-corrected chi connectivity index (χ4v) is 2.01. The van der Waals surface area contributed by atoms with E-state index in [1.54, 1.807) is 12.1 Å². The molecule has 0 radical (unpaired) electrons. The number of hydrogen-bond donors (Lipinski definition) is 0. The van der Waals surface area contributed by atoms with E-state index in [4.69, 9.17) is 0 Å². The molecule has 0 unspecified atom stereocenters. The minimum Gasteiger partial charge on any atom is -0.186 e. The maximum Gasteiger partial charge on any atom is 0.333 e. The van der Waals surface area contributed by atoms with Gasteiger partial charge in [0.1, 0.15) is 0 Å². The molecular formula is C19H18F2. The Morgan fingerprint density at radius 1 is 0.905 bits per heavy atom. The fraction of sp³-hybridized carbons (Fsp3) is 0.263. The predicted octanol–water partition coefficient (Wildman–Crippen LogP) is 5.64. The highest BCUT2D eigenvalue weighted by molar-refractivity contribution is 5.63. The molecule has 0 spiro atoms. The molecule has 108 valence electrons. The van der Waals surface area contributed by atoms with Crippen molar-refractivity contribution in [3.63, 3.8) is 0 Å². The molecule has 0 aliphatic heterocycles. The Morgan fingerprint density at radius 3 is 2.14 bits per heavy atom. The number of benzene rings is 2. The first kappa shape index (κ1) is 15.3. The van der Waals surface area contributed by atoms with E-state index < -0.39 is 5.92 Å². The maximum absolute atomic E-state index is 13.9. The molecule has 0 N–H and O–H groups in total. The summed E-state index contributed by atoms with van der Waals surface area (Å²) in [7, 11) is 0. The smallest absolute Gasteiger partial charge is 0.186 e. The monoisotopic (exact) mass is 284 g/mol. The van der Waals surface area contributed by atoms with Crippen LogP contribution >= 0.6 is 0 Å². The Labute approximate surface area is 124 Å². The van der Waals surface area contributed by atoms with Gasteiger partial charge < -0.3 is 0 Å². The molecule has 2 aromatic rings. The lowest BCUT2D eigenvalue weighted by Gasteiger charge is -2.10. The van der Waals surface area contributed by atoms with E-state index in [2.05, 4.69) is 11.8 Å². The van der Waals surface area contributed by atoms with E-state index in [1.165, 1.54) is 12.1 Å². The Kier molecular flexibility index (Phi) is 5.11. The Morgan fingerprint density at radius 2 is 1.52 bits per heavy atom. The second kappa shape index (κ2) is 7.04. The first-order chi connectivity index (χ1) is 10.1. The zero-order chi connectivity index (χ0) is 15.1. The van der Waals surface area contributed by atoms with E-state index in [-0.39, 0.29) is 5.56 Å². The van der Waals surface area contributed by atoms with E-state index in [0.717, 1.165) is 24.0 Å². The largest absolute Gasteiger partial charge is 0.333 e. The summed E-state index contributed by atoms with van der Waals surface area (Å²) in [5, 5.41) is 0. The zero-order valence-electron chi connectivity index (χ0n) is 12.1. The van der Waals surface area contributed by atoms with Gasteiger partial charge in [0.2, 0.25) is 0 Å². The molecule has 0 fully saturated rings. The third-order valence-electron chi connectivity index (χ3n) is 3.26. The summed E-state index contributed by atoms with van der Waals surface area (Å²) in [4.78, 5) is 0. The second-order valence-electron chi connectivity index (χ2n) is 4.92. The molecule has 2 aromatic carbocycles. The zero-order valence-corrected chi connectivity index (χ0v) is 12.1. The molecule has 0 aromatic heterocycles. The Balaban J connectivity index is 2.16. The van der Waals surface area contributed by atoms with Crippen molar-refractivity contribution in [1.29, 1.82) is 0 Å². The summed E-state index contributed by atoms with van der Waals surface area (Å²) in [5.74, 6) is 1.58. The van der Waals surface area contributed by atoms with Gasteiger partial charge in [-0.1, -0.05) is 73.9 Å². The molecule has 2 heteroatoms. The average Bonchev–Trinajstić information content (AvgIpc) is 2.53. The van der Waals surface area contributed by atoms with Crippen LogP contribution in [0.15, 0.2) is 54.6 Å². The van der Waals surface area contributed by atoms with Crippen molar-refractivity contribution in [2.45, 2.75) is 32.1 Å². The highest BCUT2D eigenvalue weighted by Gasteiger charge is 2.28. The van der Waals surface area contributed by atoms with Crippen molar-refractivity contribution >= 4 is 0 Å². The molecule has 0 saturated heterocycles. The highest BCUT2D eigenvalue weighted by atomic mass is 19.3. The molecule has 0 amide bonds. The Hall–Kier alpha value is -2.14. The third kappa shape index (κ3) is 4.16. The number of unbranched alkanes of at least 4 members (excludes halogenated alkanes) is 2. The van der Waals surface area contributed by atoms with Crippen LogP contribution in [0, 0.1) is 11.8 Å². The predicted molar refractivity (Wildman–Crippen MR) is 83.1 cm³/mol. The van der Waals surface area contributed by atoms with Gasteiger partial charge in [-0.25, -0.2) is 0 Å². The molecule has 0 heterocycles. The van der Waals surface area contributed by atoms with Gasteiger partial charge in [-0.2, -0.15) is 8.78 Å². The summed E-state index contributed by atoms with van der Waals surface area (Å²) >= 11 is 0. The number of halogens is 2. The van der Waals surface area contributed by atoms with Gasteiger partial charge in [0.05, 0.1) is 0 Å². The fourth-order valence-electron chi connectivity index (χ4n) is 2.01. The molecular weight excluding hydrogens is 266 g/mol. The van der Waals surface area contributed by atoms with E-state index in [0.29, 0.717) is 6.42 Å². The maximum atomic E-state index is 13.9. The summed E-state index contributed by atoms with van der Waals surface area (Å²) in [5.41, 5.74) is 1.89. The first-order valence-corrected chi connectivity index (χ1v) is 7.17. The lowest BCUT2D eigenvalue weighted by atomic mass is 10.0. The SMILES string of the molecule is CCCCC#CC(F)(F)c1ccc(-c2ccccc2)cc1. The molecule has 0 bridgehead atoms. The van der Waals surface area contributed by atoms with Crippen molar-refractivity contribution in [2.75, 3.05) is 0 Å². The second-order valence-corrected chi connectivity index (χ2v) is 4.92. The van der Waals surface area contributed by atoms with Crippen LogP contribution in [0.5, 0.6) is 0 Å². The van der Waals surface area contributed by atoms with Crippen molar-refractivity contribution < 1.29 is 8.78 Å². The van der Waals surface area contributed by atoms with E-state index in [1.807, 2.05) is 37.3 Å². The van der Waals surface area contributed by atoms with Crippen LogP contribution in [-0.4, -0.2) is 0 Å². The van der Waals surface area contributed by atoms with E-state index in [9.17, 15) is 8.78 Å². The highest BCUT2D eigenvalue weighted by Crippen LogP contribution is 2.29. The van der Waals surface area contributed by atoms with Gasteiger partial charge in [-0.15, -0.1) is 0 Å². The van der Waals surface area contributed by atoms with Crippen molar-refractivity contribution in [3.8, 4) is 23.0 Å². The van der Waals surface area contributed by atoms with Crippen LogP contribution in [0.2, 0.25) is 0 Å². The minimum absolute atomic E-state index is 0.0498. The Bertz CT molecular complexity index is 616. The van der Waals surface area contributed by atoms with Gasteiger partial charge in [0, 0.05) is 12.0 Å². The molecule has 0 nitrogen and oxygen atoms in total. The summed E-state index contributed by atoms with van der Waals surface area (Å²) in [6, 6.07) is 16.0. The normalized spacial score (nSPS) is 10.8.